The Bertz CT molecular complexity index is 227. The van der Waals surface area contributed by atoms with Crippen LogP contribution in [0.5, 0.6) is 0 Å². The molecule has 1 atom stereocenters. The molecule has 0 aliphatic carbocycles. The molecular weight excluding hydrogens is 206 g/mol. The van der Waals surface area contributed by atoms with E-state index in [4.69, 9.17) is 4.74 Å². The minimum Gasteiger partial charge on any atom is -0.392 e. The SMILES string of the molecule is COCCNCC(O)CCS(C)(=O)=O. The number of aliphatic hydroxyl groups is 1. The van der Waals surface area contributed by atoms with Crippen LogP contribution in [0.3, 0.4) is 0 Å². The van der Waals surface area contributed by atoms with Crippen LogP contribution in [0.25, 0.3) is 0 Å². The molecule has 6 heteroatoms. The normalized spacial score (nSPS) is 14.2. The van der Waals surface area contributed by atoms with Gasteiger partial charge in [0.1, 0.15) is 9.84 Å². The van der Waals surface area contributed by atoms with Gasteiger partial charge in [0, 0.05) is 26.5 Å². The van der Waals surface area contributed by atoms with E-state index in [9.17, 15) is 13.5 Å². The highest BCUT2D eigenvalue weighted by molar-refractivity contribution is 7.90. The average Bonchev–Trinajstić information content (AvgIpc) is 2.08. The monoisotopic (exact) mass is 225 g/mol. The van der Waals surface area contributed by atoms with Crippen molar-refractivity contribution in [3.8, 4) is 0 Å². The smallest absolute Gasteiger partial charge is 0.147 e. The van der Waals surface area contributed by atoms with Crippen LogP contribution in [0.4, 0.5) is 0 Å². The summed E-state index contributed by atoms with van der Waals surface area (Å²) in [4.78, 5) is 0. The Hall–Kier alpha value is -0.170. The molecule has 86 valence electrons. The summed E-state index contributed by atoms with van der Waals surface area (Å²) in [5.41, 5.74) is 0. The number of aliphatic hydroxyl groups excluding tert-OH is 1. The molecule has 14 heavy (non-hydrogen) atoms. The maximum Gasteiger partial charge on any atom is 0.147 e. The number of hydrogen-bond acceptors (Lipinski definition) is 5. The highest BCUT2D eigenvalue weighted by atomic mass is 32.2. The summed E-state index contributed by atoms with van der Waals surface area (Å²) in [5, 5.41) is 12.3. The van der Waals surface area contributed by atoms with Crippen LogP contribution in [-0.2, 0) is 14.6 Å². The van der Waals surface area contributed by atoms with Gasteiger partial charge < -0.3 is 15.2 Å². The molecular formula is C8H19NO4S. The lowest BCUT2D eigenvalue weighted by atomic mass is 10.3. The molecule has 0 aliphatic heterocycles. The second-order valence-corrected chi connectivity index (χ2v) is 5.53. The van der Waals surface area contributed by atoms with Crippen molar-refractivity contribution in [3.63, 3.8) is 0 Å². The molecule has 0 aromatic carbocycles. The Morgan fingerprint density at radius 2 is 2.14 bits per heavy atom. The summed E-state index contributed by atoms with van der Waals surface area (Å²) in [7, 11) is -1.37. The lowest BCUT2D eigenvalue weighted by Crippen LogP contribution is -2.30. The zero-order valence-corrected chi connectivity index (χ0v) is 9.51. The van der Waals surface area contributed by atoms with Crippen molar-refractivity contribution in [2.75, 3.05) is 38.8 Å². The van der Waals surface area contributed by atoms with Gasteiger partial charge >= 0.3 is 0 Å². The maximum atomic E-state index is 10.8. The van der Waals surface area contributed by atoms with Gasteiger partial charge in [-0.05, 0) is 6.42 Å². The van der Waals surface area contributed by atoms with Crippen LogP contribution in [0, 0.1) is 0 Å². The predicted molar refractivity (Wildman–Crippen MR) is 55.1 cm³/mol. The van der Waals surface area contributed by atoms with E-state index in [1.807, 2.05) is 0 Å². The van der Waals surface area contributed by atoms with E-state index in [1.54, 1.807) is 7.11 Å². The molecule has 0 aliphatic rings. The van der Waals surface area contributed by atoms with Gasteiger partial charge in [0.25, 0.3) is 0 Å². The molecule has 0 spiro atoms. The van der Waals surface area contributed by atoms with Crippen molar-refractivity contribution in [2.24, 2.45) is 0 Å². The fourth-order valence-electron chi connectivity index (χ4n) is 0.895. The molecule has 0 fully saturated rings. The van der Waals surface area contributed by atoms with Crippen LogP contribution >= 0.6 is 0 Å². The molecule has 0 aromatic rings. The second kappa shape index (κ2) is 7.17. The van der Waals surface area contributed by atoms with Crippen LogP contribution in [-0.4, -0.2) is 58.4 Å². The van der Waals surface area contributed by atoms with E-state index >= 15 is 0 Å². The van der Waals surface area contributed by atoms with Gasteiger partial charge in [0.05, 0.1) is 18.5 Å². The molecule has 0 radical (unpaired) electrons. The first-order valence-corrected chi connectivity index (χ1v) is 6.57. The van der Waals surface area contributed by atoms with Crippen molar-refractivity contribution in [3.05, 3.63) is 0 Å². The summed E-state index contributed by atoms with van der Waals surface area (Å²) in [6.45, 7) is 1.64. The maximum absolute atomic E-state index is 10.8. The van der Waals surface area contributed by atoms with Gasteiger partial charge in [0.15, 0.2) is 0 Å². The minimum atomic E-state index is -2.97. The Kier molecular flexibility index (Phi) is 7.08. The number of methoxy groups -OCH3 is 1. The van der Waals surface area contributed by atoms with Crippen LogP contribution in [0.2, 0.25) is 0 Å². The van der Waals surface area contributed by atoms with E-state index in [0.29, 0.717) is 19.7 Å². The van der Waals surface area contributed by atoms with Gasteiger partial charge in [-0.2, -0.15) is 0 Å². The summed E-state index contributed by atoms with van der Waals surface area (Å²) in [5.74, 6) is 0.0279. The third kappa shape index (κ3) is 9.91. The van der Waals surface area contributed by atoms with Gasteiger partial charge in [-0.3, -0.25) is 0 Å². The lowest BCUT2D eigenvalue weighted by molar-refractivity contribution is 0.157. The number of nitrogens with one attached hydrogen (secondary N) is 1. The Labute approximate surface area is 85.4 Å². The first-order valence-electron chi connectivity index (χ1n) is 4.51. The van der Waals surface area contributed by atoms with Crippen molar-refractivity contribution in [1.82, 2.24) is 5.32 Å². The third-order valence-corrected chi connectivity index (χ3v) is 2.66. The topological polar surface area (TPSA) is 75.6 Å². The first-order chi connectivity index (χ1) is 6.45. The molecule has 0 amide bonds. The predicted octanol–water partition coefficient (Wildman–Crippen LogP) is -0.982. The van der Waals surface area contributed by atoms with Gasteiger partial charge in [-0.1, -0.05) is 0 Å². The fraction of sp³-hybridized carbons (Fsp3) is 1.00. The molecule has 0 saturated carbocycles. The summed E-state index contributed by atoms with van der Waals surface area (Å²) >= 11 is 0. The zero-order chi connectivity index (χ0) is 11.0. The van der Waals surface area contributed by atoms with E-state index in [0.717, 1.165) is 6.26 Å². The number of sulfone groups is 1. The van der Waals surface area contributed by atoms with Gasteiger partial charge in [-0.15, -0.1) is 0 Å². The van der Waals surface area contributed by atoms with E-state index in [2.05, 4.69) is 5.32 Å². The summed E-state index contributed by atoms with van der Waals surface area (Å²) in [6, 6.07) is 0. The largest absolute Gasteiger partial charge is 0.392 e. The molecule has 0 aromatic heterocycles. The van der Waals surface area contributed by atoms with Crippen molar-refractivity contribution < 1.29 is 18.3 Å². The summed E-state index contributed by atoms with van der Waals surface area (Å²) < 4.78 is 26.3. The van der Waals surface area contributed by atoms with Crippen molar-refractivity contribution in [1.29, 1.82) is 0 Å². The van der Waals surface area contributed by atoms with Crippen LogP contribution in [0.15, 0.2) is 0 Å². The molecule has 0 bridgehead atoms. The fourth-order valence-corrected chi connectivity index (χ4v) is 1.60. The van der Waals surface area contributed by atoms with Crippen LogP contribution < -0.4 is 5.32 Å². The lowest BCUT2D eigenvalue weighted by Gasteiger charge is -2.10. The molecule has 2 N–H and O–H groups in total. The first kappa shape index (κ1) is 13.8. The molecule has 0 saturated heterocycles. The highest BCUT2D eigenvalue weighted by Gasteiger charge is 2.08. The van der Waals surface area contributed by atoms with Crippen LogP contribution in [0.1, 0.15) is 6.42 Å². The quantitative estimate of drug-likeness (QED) is 0.519. The highest BCUT2D eigenvalue weighted by Crippen LogP contribution is 1.94. The van der Waals surface area contributed by atoms with Gasteiger partial charge in [0.2, 0.25) is 0 Å². The average molecular weight is 225 g/mol. The third-order valence-electron chi connectivity index (χ3n) is 1.68. The summed E-state index contributed by atoms with van der Waals surface area (Å²) in [6.07, 6.45) is 0.832. The Morgan fingerprint density at radius 3 is 2.64 bits per heavy atom. The van der Waals surface area contributed by atoms with Gasteiger partial charge in [-0.25, -0.2) is 8.42 Å². The van der Waals surface area contributed by atoms with E-state index in [-0.39, 0.29) is 12.2 Å². The second-order valence-electron chi connectivity index (χ2n) is 3.27. The van der Waals surface area contributed by atoms with Crippen molar-refractivity contribution in [2.45, 2.75) is 12.5 Å². The molecule has 0 rings (SSSR count). The number of ether oxygens (including phenoxy) is 1. The van der Waals surface area contributed by atoms with Crippen molar-refractivity contribution >= 4 is 9.84 Å². The Balaban J connectivity index is 3.42. The zero-order valence-electron chi connectivity index (χ0n) is 8.69. The van der Waals surface area contributed by atoms with E-state index < -0.39 is 15.9 Å². The molecule has 5 nitrogen and oxygen atoms in total. The number of hydrogen-bond donors (Lipinski definition) is 2. The molecule has 1 unspecified atom stereocenters. The number of rotatable bonds is 8. The standard InChI is InChI=1S/C8H19NO4S/c1-13-5-4-9-7-8(10)3-6-14(2,11)12/h8-10H,3-7H2,1-2H3. The Morgan fingerprint density at radius 1 is 1.50 bits per heavy atom. The van der Waals surface area contributed by atoms with E-state index in [1.165, 1.54) is 0 Å². The molecule has 0 heterocycles. The minimum absolute atomic E-state index is 0.0279.